The summed E-state index contributed by atoms with van der Waals surface area (Å²) in [5.41, 5.74) is 0.887. The molecule has 0 spiro atoms. The average molecular weight is 366 g/mol. The van der Waals surface area contributed by atoms with Gasteiger partial charge < -0.3 is 4.90 Å². The van der Waals surface area contributed by atoms with Gasteiger partial charge >= 0.3 is 0 Å². The number of anilines is 1. The summed E-state index contributed by atoms with van der Waals surface area (Å²) in [6.45, 7) is 2.89. The highest BCUT2D eigenvalue weighted by Gasteiger charge is 2.33. The van der Waals surface area contributed by atoms with Crippen LogP contribution in [0.2, 0.25) is 0 Å². The third-order valence-electron chi connectivity index (χ3n) is 5.26. The Bertz CT molecular complexity index is 979. The Morgan fingerprint density at radius 3 is 2.37 bits per heavy atom. The van der Waals surface area contributed by atoms with Gasteiger partial charge in [-0.2, -0.15) is 0 Å². The molecule has 0 radical (unpaired) electrons. The average Bonchev–Trinajstić information content (AvgIpc) is 2.68. The first-order chi connectivity index (χ1) is 13.1. The fourth-order valence-electron chi connectivity index (χ4n) is 3.70. The minimum absolute atomic E-state index is 0.00996. The summed E-state index contributed by atoms with van der Waals surface area (Å²) in [6, 6.07) is 17.2. The summed E-state index contributed by atoms with van der Waals surface area (Å²) in [5, 5.41) is 2.10. The van der Waals surface area contributed by atoms with Crippen molar-refractivity contribution in [2.75, 3.05) is 18.0 Å². The van der Waals surface area contributed by atoms with E-state index in [4.69, 9.17) is 0 Å². The van der Waals surface area contributed by atoms with E-state index in [1.165, 1.54) is 18.2 Å². The molecule has 0 saturated carbocycles. The quantitative estimate of drug-likeness (QED) is 0.688. The van der Waals surface area contributed by atoms with E-state index in [-0.39, 0.29) is 18.0 Å². The highest BCUT2D eigenvalue weighted by molar-refractivity contribution is 6.05. The van der Waals surface area contributed by atoms with Crippen molar-refractivity contribution >= 4 is 22.4 Å². The molecule has 0 aliphatic carbocycles. The maximum atomic E-state index is 14.0. The maximum Gasteiger partial charge on any atom is 0.244 e. The van der Waals surface area contributed by atoms with Gasteiger partial charge in [-0.25, -0.2) is 8.78 Å². The van der Waals surface area contributed by atoms with Crippen LogP contribution in [0.4, 0.5) is 14.5 Å². The van der Waals surface area contributed by atoms with E-state index in [0.29, 0.717) is 13.1 Å². The first-order valence-corrected chi connectivity index (χ1v) is 9.02. The van der Waals surface area contributed by atoms with E-state index in [2.05, 4.69) is 0 Å². The van der Waals surface area contributed by atoms with Crippen LogP contribution in [0, 0.1) is 11.6 Å². The second-order valence-corrected chi connectivity index (χ2v) is 6.83. The molecule has 5 heteroatoms. The van der Waals surface area contributed by atoms with Gasteiger partial charge in [-0.15, -0.1) is 0 Å². The van der Waals surface area contributed by atoms with Gasteiger partial charge in [-0.05, 0) is 30.5 Å². The van der Waals surface area contributed by atoms with Crippen LogP contribution < -0.4 is 4.90 Å². The molecule has 1 aliphatic rings. The zero-order valence-corrected chi connectivity index (χ0v) is 15.0. The highest BCUT2D eigenvalue weighted by atomic mass is 19.1. The Kier molecular flexibility index (Phi) is 4.62. The summed E-state index contributed by atoms with van der Waals surface area (Å²) in [6.07, 6.45) is 0. The molecule has 27 heavy (non-hydrogen) atoms. The molecular weight excluding hydrogens is 346 g/mol. The summed E-state index contributed by atoms with van der Waals surface area (Å²) in [5.74, 6) is -1.22. The lowest BCUT2D eigenvalue weighted by molar-refractivity contribution is -0.125. The lowest BCUT2D eigenvalue weighted by Crippen LogP contribution is -2.55. The van der Waals surface area contributed by atoms with Crippen LogP contribution >= 0.6 is 0 Å². The predicted molar refractivity (Wildman–Crippen MR) is 103 cm³/mol. The number of benzene rings is 3. The number of amides is 1. The molecular formula is C22H20F2N2O. The predicted octanol–water partition coefficient (Wildman–Crippen LogP) is 4.36. The molecule has 1 aliphatic heterocycles. The van der Waals surface area contributed by atoms with E-state index >= 15 is 0 Å². The molecule has 0 unspecified atom stereocenters. The summed E-state index contributed by atoms with van der Waals surface area (Å²) in [4.78, 5) is 16.6. The van der Waals surface area contributed by atoms with Crippen LogP contribution in [0.5, 0.6) is 0 Å². The number of fused-ring (bicyclic) bond motifs is 1. The molecule has 1 heterocycles. The van der Waals surface area contributed by atoms with Gasteiger partial charge in [0.05, 0.1) is 11.7 Å². The van der Waals surface area contributed by atoms with Crippen molar-refractivity contribution in [3.8, 4) is 0 Å². The minimum Gasteiger partial charge on any atom is -0.309 e. The van der Waals surface area contributed by atoms with E-state index in [1.807, 2.05) is 47.4 Å². The fourth-order valence-corrected chi connectivity index (χ4v) is 3.70. The Balaban J connectivity index is 1.60. The van der Waals surface area contributed by atoms with Gasteiger partial charge in [0, 0.05) is 30.6 Å². The maximum absolute atomic E-state index is 14.0. The monoisotopic (exact) mass is 366 g/mol. The normalized spacial score (nSPS) is 18.3. The van der Waals surface area contributed by atoms with Crippen LogP contribution in [0.25, 0.3) is 10.8 Å². The Hall–Kier alpha value is -2.79. The Morgan fingerprint density at radius 1 is 0.926 bits per heavy atom. The summed E-state index contributed by atoms with van der Waals surface area (Å²) in [7, 11) is 0. The third kappa shape index (κ3) is 3.19. The summed E-state index contributed by atoms with van der Waals surface area (Å²) >= 11 is 0. The molecule has 3 aromatic carbocycles. The smallest absolute Gasteiger partial charge is 0.244 e. The third-order valence-corrected chi connectivity index (χ3v) is 5.26. The highest BCUT2D eigenvalue weighted by Crippen LogP contribution is 2.29. The van der Waals surface area contributed by atoms with Crippen molar-refractivity contribution in [1.29, 1.82) is 0 Å². The van der Waals surface area contributed by atoms with Crippen LogP contribution in [0.15, 0.2) is 60.7 Å². The van der Waals surface area contributed by atoms with Gasteiger partial charge in [-0.1, -0.05) is 42.5 Å². The number of halogens is 2. The molecule has 3 aromatic rings. The second kappa shape index (κ2) is 7.08. The topological polar surface area (TPSA) is 23.6 Å². The molecule has 1 amide bonds. The first-order valence-electron chi connectivity index (χ1n) is 9.02. The molecule has 0 aromatic heterocycles. The van der Waals surface area contributed by atoms with Gasteiger partial charge in [0.15, 0.2) is 0 Å². The molecule has 0 N–H and O–H groups in total. The van der Waals surface area contributed by atoms with Crippen LogP contribution in [0.3, 0.4) is 0 Å². The molecule has 138 valence electrons. The fraction of sp³-hybridized carbons (Fsp3) is 0.227. The molecule has 1 fully saturated rings. The molecule has 0 bridgehead atoms. The number of hydrogen-bond acceptors (Lipinski definition) is 2. The van der Waals surface area contributed by atoms with Gasteiger partial charge in [0.25, 0.3) is 0 Å². The molecule has 1 saturated heterocycles. The lowest BCUT2D eigenvalue weighted by Gasteiger charge is -2.39. The lowest BCUT2D eigenvalue weighted by atomic mass is 10.0. The van der Waals surface area contributed by atoms with E-state index < -0.39 is 17.7 Å². The molecule has 1 atom stereocenters. The number of rotatable bonds is 3. The van der Waals surface area contributed by atoms with E-state index in [0.717, 1.165) is 16.5 Å². The van der Waals surface area contributed by atoms with Crippen LogP contribution in [-0.4, -0.2) is 29.9 Å². The minimum atomic E-state index is -0.578. The molecule has 3 nitrogen and oxygen atoms in total. The van der Waals surface area contributed by atoms with Crippen molar-refractivity contribution in [1.82, 2.24) is 4.90 Å². The number of carbonyl (C=O) groups excluding carboxylic acids is 1. The molecule has 4 rings (SSSR count). The van der Waals surface area contributed by atoms with Crippen molar-refractivity contribution < 1.29 is 13.6 Å². The zero-order valence-electron chi connectivity index (χ0n) is 15.0. The number of nitrogens with zero attached hydrogens (tertiary/aromatic N) is 2. The number of carbonyl (C=O) groups is 1. The Morgan fingerprint density at radius 2 is 1.59 bits per heavy atom. The zero-order chi connectivity index (χ0) is 19.0. The van der Waals surface area contributed by atoms with E-state index in [9.17, 15) is 13.6 Å². The number of piperazine rings is 1. The van der Waals surface area contributed by atoms with Crippen LogP contribution in [0.1, 0.15) is 12.5 Å². The van der Waals surface area contributed by atoms with Gasteiger partial charge in [0.1, 0.15) is 11.6 Å². The van der Waals surface area contributed by atoms with Crippen molar-refractivity contribution in [3.63, 3.8) is 0 Å². The second-order valence-electron chi connectivity index (χ2n) is 6.83. The standard InChI is InChI=1S/C22H20F2N2O/c1-15-22(27)26(21-11-4-7-16-6-2-3-8-17(16)21)13-12-25(15)14-18-19(23)9-5-10-20(18)24/h2-11,15H,12-14H2,1H3/t15-/m1/s1. The van der Waals surface area contributed by atoms with Gasteiger partial charge in [0.2, 0.25) is 5.91 Å². The SMILES string of the molecule is C[C@@H]1C(=O)N(c2cccc3ccccc23)CCN1Cc1c(F)cccc1F. The van der Waals surface area contributed by atoms with Crippen molar-refractivity contribution in [3.05, 3.63) is 77.9 Å². The largest absolute Gasteiger partial charge is 0.309 e. The summed E-state index contributed by atoms with van der Waals surface area (Å²) < 4.78 is 28.0. The van der Waals surface area contributed by atoms with E-state index in [1.54, 1.807) is 11.8 Å². The van der Waals surface area contributed by atoms with Crippen molar-refractivity contribution in [2.24, 2.45) is 0 Å². The Labute approximate surface area is 156 Å². The number of hydrogen-bond donors (Lipinski definition) is 0. The van der Waals surface area contributed by atoms with Crippen molar-refractivity contribution in [2.45, 2.75) is 19.5 Å². The first kappa shape index (κ1) is 17.6. The van der Waals surface area contributed by atoms with Crippen LogP contribution in [-0.2, 0) is 11.3 Å². The van der Waals surface area contributed by atoms with Gasteiger partial charge in [-0.3, -0.25) is 9.69 Å².